The highest BCUT2D eigenvalue weighted by Gasteiger charge is 2.16. The van der Waals surface area contributed by atoms with Crippen molar-refractivity contribution in [1.29, 1.82) is 0 Å². The van der Waals surface area contributed by atoms with E-state index in [1.165, 1.54) is 17.5 Å². The van der Waals surface area contributed by atoms with Gasteiger partial charge in [0, 0.05) is 18.7 Å². The molecule has 0 saturated carbocycles. The fraction of sp³-hybridized carbons (Fsp3) is 0.647. The second-order valence-corrected chi connectivity index (χ2v) is 6.25. The SMILES string of the molecule is CCCCOC(CNC(C)(C)C)c1ccc(C)cc1. The Morgan fingerprint density at radius 2 is 1.79 bits per heavy atom. The van der Waals surface area contributed by atoms with Gasteiger partial charge in [-0.25, -0.2) is 0 Å². The number of nitrogens with one attached hydrogen (secondary N) is 1. The van der Waals surface area contributed by atoms with Crippen molar-refractivity contribution in [2.45, 2.75) is 59.1 Å². The monoisotopic (exact) mass is 263 g/mol. The molecule has 1 aromatic rings. The van der Waals surface area contributed by atoms with Gasteiger partial charge in [-0.3, -0.25) is 0 Å². The van der Waals surface area contributed by atoms with Gasteiger partial charge in [-0.1, -0.05) is 43.2 Å². The van der Waals surface area contributed by atoms with Gasteiger partial charge in [0.15, 0.2) is 0 Å². The third-order valence-corrected chi connectivity index (χ3v) is 3.08. The summed E-state index contributed by atoms with van der Waals surface area (Å²) in [6.07, 6.45) is 2.44. The average Bonchev–Trinajstić information content (AvgIpc) is 2.34. The third kappa shape index (κ3) is 6.74. The molecule has 0 aliphatic rings. The topological polar surface area (TPSA) is 21.3 Å². The molecule has 0 fully saturated rings. The molecule has 0 radical (unpaired) electrons. The van der Waals surface area contributed by atoms with Crippen LogP contribution in [0, 0.1) is 6.92 Å². The third-order valence-electron chi connectivity index (χ3n) is 3.08. The fourth-order valence-electron chi connectivity index (χ4n) is 1.82. The van der Waals surface area contributed by atoms with Gasteiger partial charge in [0.1, 0.15) is 0 Å². The number of rotatable bonds is 7. The van der Waals surface area contributed by atoms with Gasteiger partial charge in [-0.05, 0) is 39.7 Å². The quantitative estimate of drug-likeness (QED) is 0.743. The number of benzene rings is 1. The molecule has 0 amide bonds. The zero-order valence-electron chi connectivity index (χ0n) is 13.1. The van der Waals surface area contributed by atoms with Gasteiger partial charge >= 0.3 is 0 Å². The Hall–Kier alpha value is -0.860. The Morgan fingerprint density at radius 1 is 1.16 bits per heavy atom. The maximum Gasteiger partial charge on any atom is 0.0949 e. The van der Waals surface area contributed by atoms with Crippen LogP contribution in [0.5, 0.6) is 0 Å². The van der Waals surface area contributed by atoms with Crippen molar-refractivity contribution >= 4 is 0 Å². The minimum absolute atomic E-state index is 0.122. The molecule has 2 heteroatoms. The van der Waals surface area contributed by atoms with Crippen LogP contribution in [0.25, 0.3) is 0 Å². The molecule has 1 N–H and O–H groups in total. The van der Waals surface area contributed by atoms with Crippen LogP contribution in [0.1, 0.15) is 57.8 Å². The zero-order chi connectivity index (χ0) is 14.3. The van der Waals surface area contributed by atoms with Crippen LogP contribution in [0.15, 0.2) is 24.3 Å². The van der Waals surface area contributed by atoms with Crippen molar-refractivity contribution in [2.75, 3.05) is 13.2 Å². The van der Waals surface area contributed by atoms with E-state index in [0.29, 0.717) is 0 Å². The summed E-state index contributed by atoms with van der Waals surface area (Å²) >= 11 is 0. The number of hydrogen-bond acceptors (Lipinski definition) is 2. The fourth-order valence-corrected chi connectivity index (χ4v) is 1.82. The molecule has 1 rings (SSSR count). The predicted octanol–water partition coefficient (Wildman–Crippen LogP) is 4.24. The molecule has 2 nitrogen and oxygen atoms in total. The minimum atomic E-state index is 0.122. The Balaban J connectivity index is 2.65. The van der Waals surface area contributed by atoms with E-state index >= 15 is 0 Å². The largest absolute Gasteiger partial charge is 0.372 e. The van der Waals surface area contributed by atoms with Gasteiger partial charge in [-0.2, -0.15) is 0 Å². The molecular formula is C17H29NO. The van der Waals surface area contributed by atoms with Crippen LogP contribution >= 0.6 is 0 Å². The molecule has 19 heavy (non-hydrogen) atoms. The van der Waals surface area contributed by atoms with Crippen LogP contribution in [-0.4, -0.2) is 18.7 Å². The van der Waals surface area contributed by atoms with Crippen LogP contribution in [0.3, 0.4) is 0 Å². The Morgan fingerprint density at radius 3 is 2.32 bits per heavy atom. The number of hydrogen-bond donors (Lipinski definition) is 1. The van der Waals surface area contributed by atoms with Crippen LogP contribution in [0.2, 0.25) is 0 Å². The van der Waals surface area contributed by atoms with Crippen molar-refractivity contribution in [1.82, 2.24) is 5.32 Å². The normalized spacial score (nSPS) is 13.5. The van der Waals surface area contributed by atoms with E-state index in [2.05, 4.69) is 64.2 Å². The molecule has 0 saturated heterocycles. The second kappa shape index (κ2) is 7.66. The molecule has 0 bridgehead atoms. The molecule has 0 aromatic heterocycles. The van der Waals surface area contributed by atoms with E-state index in [1.54, 1.807) is 0 Å². The lowest BCUT2D eigenvalue weighted by Crippen LogP contribution is -2.39. The number of aryl methyl sites for hydroxylation is 1. The highest BCUT2D eigenvalue weighted by Crippen LogP contribution is 2.19. The summed E-state index contributed by atoms with van der Waals surface area (Å²) in [5.41, 5.74) is 2.68. The molecule has 1 atom stereocenters. The average molecular weight is 263 g/mol. The van der Waals surface area contributed by atoms with E-state index in [9.17, 15) is 0 Å². The summed E-state index contributed by atoms with van der Waals surface area (Å²) in [7, 11) is 0. The first kappa shape index (κ1) is 16.2. The second-order valence-electron chi connectivity index (χ2n) is 6.25. The lowest BCUT2D eigenvalue weighted by Gasteiger charge is -2.26. The summed E-state index contributed by atoms with van der Waals surface area (Å²) in [6, 6.07) is 8.66. The molecule has 0 spiro atoms. The van der Waals surface area contributed by atoms with E-state index in [4.69, 9.17) is 4.74 Å². The van der Waals surface area contributed by atoms with E-state index in [0.717, 1.165) is 19.6 Å². The first-order valence-corrected chi connectivity index (χ1v) is 7.35. The van der Waals surface area contributed by atoms with Crippen molar-refractivity contribution in [3.05, 3.63) is 35.4 Å². The van der Waals surface area contributed by atoms with Crippen molar-refractivity contribution in [3.63, 3.8) is 0 Å². The smallest absolute Gasteiger partial charge is 0.0949 e. The zero-order valence-corrected chi connectivity index (χ0v) is 13.1. The lowest BCUT2D eigenvalue weighted by atomic mass is 10.0. The van der Waals surface area contributed by atoms with Crippen LogP contribution in [0.4, 0.5) is 0 Å². The maximum atomic E-state index is 6.04. The Kier molecular flexibility index (Phi) is 6.53. The molecule has 0 aliphatic heterocycles. The van der Waals surface area contributed by atoms with Crippen LogP contribution in [-0.2, 0) is 4.74 Å². The van der Waals surface area contributed by atoms with Crippen molar-refractivity contribution in [2.24, 2.45) is 0 Å². The summed E-state index contributed by atoms with van der Waals surface area (Å²) in [4.78, 5) is 0. The standard InChI is InChI=1S/C17H29NO/c1-6-7-12-19-16(13-18-17(3,4)5)15-10-8-14(2)9-11-15/h8-11,16,18H,6-7,12-13H2,1-5H3. The minimum Gasteiger partial charge on any atom is -0.372 e. The highest BCUT2D eigenvalue weighted by molar-refractivity contribution is 5.23. The Labute approximate surface area is 118 Å². The molecule has 0 heterocycles. The van der Waals surface area contributed by atoms with Gasteiger partial charge < -0.3 is 10.1 Å². The van der Waals surface area contributed by atoms with E-state index < -0.39 is 0 Å². The van der Waals surface area contributed by atoms with Crippen molar-refractivity contribution in [3.8, 4) is 0 Å². The molecule has 1 aromatic carbocycles. The summed E-state index contributed by atoms with van der Waals surface area (Å²) in [5.74, 6) is 0. The van der Waals surface area contributed by atoms with E-state index in [1.807, 2.05) is 0 Å². The number of ether oxygens (including phenoxy) is 1. The van der Waals surface area contributed by atoms with Gasteiger partial charge in [-0.15, -0.1) is 0 Å². The summed E-state index contributed by atoms with van der Waals surface area (Å²) in [6.45, 7) is 12.6. The molecular weight excluding hydrogens is 234 g/mol. The first-order chi connectivity index (χ1) is 8.92. The summed E-state index contributed by atoms with van der Waals surface area (Å²) in [5, 5.41) is 3.54. The van der Waals surface area contributed by atoms with Gasteiger partial charge in [0.2, 0.25) is 0 Å². The lowest BCUT2D eigenvalue weighted by molar-refractivity contribution is 0.0464. The van der Waals surface area contributed by atoms with Crippen LogP contribution < -0.4 is 5.32 Å². The molecule has 108 valence electrons. The van der Waals surface area contributed by atoms with Gasteiger partial charge in [0.05, 0.1) is 6.10 Å². The molecule has 0 aliphatic carbocycles. The molecule has 1 unspecified atom stereocenters. The van der Waals surface area contributed by atoms with Crippen molar-refractivity contribution < 1.29 is 4.74 Å². The highest BCUT2D eigenvalue weighted by atomic mass is 16.5. The maximum absolute atomic E-state index is 6.04. The predicted molar refractivity (Wildman–Crippen MR) is 82.5 cm³/mol. The number of unbranched alkanes of at least 4 members (excludes halogenated alkanes) is 1. The van der Waals surface area contributed by atoms with E-state index in [-0.39, 0.29) is 11.6 Å². The first-order valence-electron chi connectivity index (χ1n) is 7.35. The summed E-state index contributed by atoms with van der Waals surface area (Å²) < 4.78 is 6.04. The Bertz CT molecular complexity index is 351. The van der Waals surface area contributed by atoms with Gasteiger partial charge in [0.25, 0.3) is 0 Å².